The SMILES string of the molecule is C=CC(=O)OCC1=CSC(CSCCCSCC2SC=C(COC(=O)C=C)S2)S1. The van der Waals surface area contributed by atoms with Crippen LogP contribution in [0.1, 0.15) is 6.42 Å². The second-order valence-corrected chi connectivity index (χ2v) is 13.4. The summed E-state index contributed by atoms with van der Waals surface area (Å²) in [6, 6.07) is 0. The minimum Gasteiger partial charge on any atom is -0.457 e. The molecule has 0 fully saturated rings. The van der Waals surface area contributed by atoms with Crippen LogP contribution in [0, 0.1) is 0 Å². The van der Waals surface area contributed by atoms with E-state index in [1.165, 1.54) is 18.6 Å². The van der Waals surface area contributed by atoms with Gasteiger partial charge in [0.05, 0.1) is 9.16 Å². The Labute approximate surface area is 198 Å². The number of carbonyl (C=O) groups is 2. The summed E-state index contributed by atoms with van der Waals surface area (Å²) in [5, 5.41) is 4.19. The molecule has 0 amide bonds. The van der Waals surface area contributed by atoms with E-state index in [1.54, 1.807) is 23.5 Å². The smallest absolute Gasteiger partial charge is 0.330 e. The van der Waals surface area contributed by atoms with Crippen LogP contribution in [0.15, 0.2) is 45.9 Å². The van der Waals surface area contributed by atoms with Crippen LogP contribution in [0.5, 0.6) is 0 Å². The molecule has 0 radical (unpaired) electrons. The van der Waals surface area contributed by atoms with Gasteiger partial charge in [-0.3, -0.25) is 0 Å². The van der Waals surface area contributed by atoms with Gasteiger partial charge in [-0.15, -0.1) is 47.0 Å². The summed E-state index contributed by atoms with van der Waals surface area (Å²) in [7, 11) is 0. The van der Waals surface area contributed by atoms with Crippen LogP contribution < -0.4 is 0 Å². The summed E-state index contributed by atoms with van der Waals surface area (Å²) in [4.78, 5) is 24.4. The van der Waals surface area contributed by atoms with E-state index in [0.29, 0.717) is 22.4 Å². The van der Waals surface area contributed by atoms with Gasteiger partial charge in [0.15, 0.2) is 0 Å². The Kier molecular flexibility index (Phi) is 13.0. The minimum absolute atomic E-state index is 0.352. The molecule has 4 nitrogen and oxygen atoms in total. The molecule has 0 spiro atoms. The summed E-state index contributed by atoms with van der Waals surface area (Å²) in [5.74, 6) is 3.78. The zero-order valence-corrected chi connectivity index (χ0v) is 20.8. The molecule has 2 aliphatic heterocycles. The molecule has 0 bridgehead atoms. The standard InChI is InChI=1S/C19H24O4S6/c1-3-16(20)22-8-14-10-26-18(28-14)12-24-6-5-7-25-13-19-27-11-15(29-19)9-23-17(21)4-2/h3-4,10-11,18-19H,1-2,5-9,12-13H2. The summed E-state index contributed by atoms with van der Waals surface area (Å²) >= 11 is 11.2. The summed E-state index contributed by atoms with van der Waals surface area (Å²) in [6.07, 6.45) is 3.59. The Morgan fingerprint density at radius 3 is 1.76 bits per heavy atom. The van der Waals surface area contributed by atoms with E-state index in [2.05, 4.69) is 24.0 Å². The highest BCUT2D eigenvalue weighted by Crippen LogP contribution is 2.42. The molecule has 0 N–H and O–H groups in total. The van der Waals surface area contributed by atoms with Gasteiger partial charge in [0.25, 0.3) is 0 Å². The molecule has 0 aliphatic carbocycles. The van der Waals surface area contributed by atoms with Crippen molar-refractivity contribution in [3.8, 4) is 0 Å². The van der Waals surface area contributed by atoms with E-state index >= 15 is 0 Å². The molecule has 0 aromatic heterocycles. The lowest BCUT2D eigenvalue weighted by Gasteiger charge is -2.10. The van der Waals surface area contributed by atoms with Gasteiger partial charge in [-0.2, -0.15) is 23.5 Å². The van der Waals surface area contributed by atoms with E-state index in [-0.39, 0.29) is 11.9 Å². The van der Waals surface area contributed by atoms with Gasteiger partial charge in [0, 0.05) is 33.5 Å². The molecule has 0 aromatic rings. The molecule has 0 saturated heterocycles. The topological polar surface area (TPSA) is 52.6 Å². The highest BCUT2D eigenvalue weighted by Gasteiger charge is 2.20. The Hall–Kier alpha value is -0.000000000000000222. The second kappa shape index (κ2) is 14.9. The molecule has 2 unspecified atom stereocenters. The Balaban J connectivity index is 1.41. The molecule has 10 heteroatoms. The third-order valence-corrected chi connectivity index (χ3v) is 11.8. The average molecular weight is 509 g/mol. The second-order valence-electron chi connectivity index (χ2n) is 5.66. The molecule has 160 valence electrons. The van der Waals surface area contributed by atoms with Crippen LogP contribution in [-0.4, -0.2) is 57.3 Å². The summed E-state index contributed by atoms with van der Waals surface area (Å²) < 4.78 is 11.2. The van der Waals surface area contributed by atoms with Gasteiger partial charge in [-0.05, 0) is 28.7 Å². The number of esters is 2. The Morgan fingerprint density at radius 2 is 1.34 bits per heavy atom. The fourth-order valence-corrected chi connectivity index (χ4v) is 9.95. The van der Waals surface area contributed by atoms with Crippen molar-refractivity contribution in [3.63, 3.8) is 0 Å². The zero-order valence-electron chi connectivity index (χ0n) is 15.9. The van der Waals surface area contributed by atoms with Gasteiger partial charge >= 0.3 is 11.9 Å². The largest absolute Gasteiger partial charge is 0.457 e. The summed E-state index contributed by atoms with van der Waals surface area (Å²) in [6.45, 7) is 7.50. The normalized spacial score (nSPS) is 20.7. The van der Waals surface area contributed by atoms with Gasteiger partial charge in [0.1, 0.15) is 13.2 Å². The van der Waals surface area contributed by atoms with Crippen LogP contribution in [0.25, 0.3) is 0 Å². The number of carbonyl (C=O) groups excluding carboxylic acids is 2. The van der Waals surface area contributed by atoms with Crippen molar-refractivity contribution in [1.29, 1.82) is 0 Å². The lowest BCUT2D eigenvalue weighted by Crippen LogP contribution is -2.04. The number of hydrogen-bond acceptors (Lipinski definition) is 10. The van der Waals surface area contributed by atoms with E-state index in [4.69, 9.17) is 9.47 Å². The zero-order chi connectivity index (χ0) is 20.9. The van der Waals surface area contributed by atoms with E-state index in [1.807, 2.05) is 47.0 Å². The first-order chi connectivity index (χ1) is 14.1. The molecular formula is C19H24O4S6. The van der Waals surface area contributed by atoms with Crippen molar-refractivity contribution in [3.05, 3.63) is 45.9 Å². The summed E-state index contributed by atoms with van der Waals surface area (Å²) in [5.41, 5.74) is 0. The van der Waals surface area contributed by atoms with Crippen molar-refractivity contribution >= 4 is 82.5 Å². The van der Waals surface area contributed by atoms with E-state index in [9.17, 15) is 9.59 Å². The maximum absolute atomic E-state index is 11.1. The van der Waals surface area contributed by atoms with Crippen molar-refractivity contribution in [2.75, 3.05) is 36.2 Å². The molecule has 2 heterocycles. The van der Waals surface area contributed by atoms with Crippen molar-refractivity contribution in [2.24, 2.45) is 0 Å². The first-order valence-corrected chi connectivity index (χ1v) is 14.8. The average Bonchev–Trinajstić information content (AvgIpc) is 3.38. The first kappa shape index (κ1) is 25.3. The lowest BCUT2D eigenvalue weighted by molar-refractivity contribution is -0.137. The predicted octanol–water partition coefficient (Wildman–Crippen LogP) is 5.60. The fourth-order valence-electron chi connectivity index (χ4n) is 2.06. The molecule has 2 rings (SSSR count). The Bertz CT molecular complexity index is 595. The van der Waals surface area contributed by atoms with Gasteiger partial charge in [-0.25, -0.2) is 9.59 Å². The lowest BCUT2D eigenvalue weighted by atomic mass is 10.6. The molecule has 29 heavy (non-hydrogen) atoms. The van der Waals surface area contributed by atoms with Crippen LogP contribution in [0.3, 0.4) is 0 Å². The number of hydrogen-bond donors (Lipinski definition) is 0. The fraction of sp³-hybridized carbons (Fsp3) is 0.474. The van der Waals surface area contributed by atoms with Crippen LogP contribution in [0.4, 0.5) is 0 Å². The van der Waals surface area contributed by atoms with Crippen LogP contribution in [-0.2, 0) is 19.1 Å². The van der Waals surface area contributed by atoms with Crippen molar-refractivity contribution in [2.45, 2.75) is 15.6 Å². The maximum atomic E-state index is 11.1. The number of thioether (sulfide) groups is 6. The van der Waals surface area contributed by atoms with Crippen molar-refractivity contribution in [1.82, 2.24) is 0 Å². The first-order valence-electron chi connectivity index (χ1n) is 8.87. The van der Waals surface area contributed by atoms with Crippen LogP contribution >= 0.6 is 70.6 Å². The van der Waals surface area contributed by atoms with Crippen molar-refractivity contribution < 1.29 is 19.1 Å². The molecular weight excluding hydrogens is 485 g/mol. The predicted molar refractivity (Wildman–Crippen MR) is 136 cm³/mol. The third-order valence-electron chi connectivity index (χ3n) is 3.40. The quantitative estimate of drug-likeness (QED) is 0.168. The molecule has 2 atom stereocenters. The van der Waals surface area contributed by atoms with E-state index in [0.717, 1.165) is 32.8 Å². The van der Waals surface area contributed by atoms with E-state index < -0.39 is 0 Å². The number of rotatable bonds is 14. The molecule has 2 aliphatic rings. The highest BCUT2D eigenvalue weighted by atomic mass is 32.2. The molecule has 0 saturated carbocycles. The van der Waals surface area contributed by atoms with Gasteiger partial charge < -0.3 is 9.47 Å². The maximum Gasteiger partial charge on any atom is 0.330 e. The van der Waals surface area contributed by atoms with Gasteiger partial charge in [-0.1, -0.05) is 13.2 Å². The monoisotopic (exact) mass is 508 g/mol. The Morgan fingerprint density at radius 1 is 0.897 bits per heavy atom. The third kappa shape index (κ3) is 10.7. The van der Waals surface area contributed by atoms with Gasteiger partial charge in [0.2, 0.25) is 0 Å². The minimum atomic E-state index is -0.371. The van der Waals surface area contributed by atoms with Crippen LogP contribution in [0.2, 0.25) is 0 Å². The number of ether oxygens (including phenoxy) is 2. The highest BCUT2D eigenvalue weighted by molar-refractivity contribution is 8.24. The molecule has 0 aromatic carbocycles.